The van der Waals surface area contributed by atoms with Gasteiger partial charge in [0.15, 0.2) is 0 Å². The summed E-state index contributed by atoms with van der Waals surface area (Å²) in [5.41, 5.74) is 1.42. The maximum absolute atomic E-state index is 12.7. The molecule has 0 N–H and O–H groups in total. The first-order valence-corrected chi connectivity index (χ1v) is 5.25. The van der Waals surface area contributed by atoms with Crippen molar-refractivity contribution in [1.29, 1.82) is 0 Å². The molecule has 1 heterocycles. The molecule has 0 aliphatic heterocycles. The van der Waals surface area contributed by atoms with Crippen molar-refractivity contribution in [2.75, 3.05) is 0 Å². The van der Waals surface area contributed by atoms with Crippen LogP contribution in [0.3, 0.4) is 0 Å². The van der Waals surface area contributed by atoms with Gasteiger partial charge in [0, 0.05) is 10.7 Å². The number of rotatable bonds is 2. The zero-order valence-electron chi connectivity index (χ0n) is 7.48. The normalized spacial score (nSPS) is 10.5. The van der Waals surface area contributed by atoms with Gasteiger partial charge in [0.05, 0.1) is 5.33 Å². The number of aromatic nitrogens is 2. The topological polar surface area (TPSA) is 53.0 Å². The van der Waals surface area contributed by atoms with Gasteiger partial charge in [-0.1, -0.05) is 15.9 Å². The van der Waals surface area contributed by atoms with E-state index in [1.807, 2.05) is 0 Å². The summed E-state index contributed by atoms with van der Waals surface area (Å²) in [6, 6.07) is 5.69. The van der Waals surface area contributed by atoms with Gasteiger partial charge in [0.25, 0.3) is 5.69 Å². The average molecular weight is 273 g/mol. The minimum Gasteiger partial charge on any atom is -0.359 e. The predicted molar refractivity (Wildman–Crippen MR) is 53.5 cm³/mol. The quantitative estimate of drug-likeness (QED) is 0.621. The molecule has 0 saturated heterocycles. The van der Waals surface area contributed by atoms with Gasteiger partial charge in [-0.2, -0.15) is 0 Å². The van der Waals surface area contributed by atoms with Gasteiger partial charge in [-0.05, 0) is 29.2 Å². The minimum atomic E-state index is -0.336. The molecule has 6 heteroatoms. The zero-order chi connectivity index (χ0) is 10.8. The molecule has 78 valence electrons. The number of hydrogen-bond donors (Lipinski definition) is 0. The van der Waals surface area contributed by atoms with E-state index in [-0.39, 0.29) is 5.82 Å². The Morgan fingerprint density at radius 1 is 1.40 bits per heavy atom. The van der Waals surface area contributed by atoms with Crippen molar-refractivity contribution in [3.63, 3.8) is 0 Å². The average Bonchev–Trinajstić information content (AvgIpc) is 2.61. The molecule has 0 fully saturated rings. The third-order valence-electron chi connectivity index (χ3n) is 1.94. The lowest BCUT2D eigenvalue weighted by atomic mass is 10.1. The van der Waals surface area contributed by atoms with Crippen LogP contribution >= 0.6 is 15.9 Å². The molecule has 0 amide bonds. The first kappa shape index (κ1) is 10.1. The third kappa shape index (κ3) is 1.85. The zero-order valence-corrected chi connectivity index (χ0v) is 9.07. The Kier molecular flexibility index (Phi) is 2.68. The van der Waals surface area contributed by atoms with Crippen molar-refractivity contribution >= 4 is 15.9 Å². The molecule has 15 heavy (non-hydrogen) atoms. The van der Waals surface area contributed by atoms with E-state index < -0.39 is 0 Å². The second-order valence-corrected chi connectivity index (χ2v) is 3.43. The molecular weight excluding hydrogens is 267 g/mol. The molecule has 0 saturated carbocycles. The van der Waals surface area contributed by atoms with Gasteiger partial charge < -0.3 is 5.21 Å². The molecule has 0 bridgehead atoms. The fourth-order valence-electron chi connectivity index (χ4n) is 1.21. The molecule has 0 atom stereocenters. The van der Waals surface area contributed by atoms with Gasteiger partial charge in [-0.25, -0.2) is 4.39 Å². The van der Waals surface area contributed by atoms with Crippen LogP contribution in [-0.4, -0.2) is 5.16 Å². The Morgan fingerprint density at radius 2 is 2.07 bits per heavy atom. The Balaban J connectivity index is 2.49. The molecule has 4 nitrogen and oxygen atoms in total. The van der Waals surface area contributed by atoms with E-state index in [0.717, 1.165) is 0 Å². The van der Waals surface area contributed by atoms with Crippen LogP contribution in [-0.2, 0) is 5.33 Å². The highest BCUT2D eigenvalue weighted by atomic mass is 79.9. The van der Waals surface area contributed by atoms with E-state index in [1.54, 1.807) is 12.1 Å². The summed E-state index contributed by atoms with van der Waals surface area (Å²) < 4.78 is 17.1. The molecule has 0 aliphatic rings. The fourth-order valence-corrected chi connectivity index (χ4v) is 1.68. The van der Waals surface area contributed by atoms with Crippen LogP contribution in [0.1, 0.15) is 5.69 Å². The van der Waals surface area contributed by atoms with Gasteiger partial charge in [0.1, 0.15) is 5.82 Å². The summed E-state index contributed by atoms with van der Waals surface area (Å²) in [7, 11) is 0. The Hall–Kier alpha value is -1.43. The largest absolute Gasteiger partial charge is 0.359 e. The van der Waals surface area contributed by atoms with Crippen LogP contribution < -0.4 is 4.90 Å². The van der Waals surface area contributed by atoms with Crippen LogP contribution in [0.15, 0.2) is 28.9 Å². The van der Waals surface area contributed by atoms with E-state index in [2.05, 4.69) is 25.7 Å². The lowest BCUT2D eigenvalue weighted by Crippen LogP contribution is -2.27. The number of nitrogens with zero attached hydrogens (tertiary/aromatic N) is 2. The number of halogens is 2. The molecule has 2 aromatic rings. The van der Waals surface area contributed by atoms with Crippen LogP contribution in [0.4, 0.5) is 4.39 Å². The fraction of sp³-hybridized carbons (Fsp3) is 0.111. The van der Waals surface area contributed by atoms with Crippen molar-refractivity contribution in [2.45, 2.75) is 5.33 Å². The summed E-state index contributed by atoms with van der Waals surface area (Å²) in [6.45, 7) is 0. The second-order valence-electron chi connectivity index (χ2n) is 2.87. The van der Waals surface area contributed by atoms with E-state index >= 15 is 0 Å². The molecule has 0 unspecified atom stereocenters. The standard InChI is InChI=1S/C9H6BrFN2O2/c10-5-8-9(12-15-13(8)14)6-1-3-7(11)4-2-6/h1-4H,5H2. The van der Waals surface area contributed by atoms with E-state index in [0.29, 0.717) is 27.2 Å². The first-order chi connectivity index (χ1) is 7.22. The smallest absolute Gasteiger partial charge is 0.252 e. The third-order valence-corrected chi connectivity index (χ3v) is 2.48. The van der Waals surface area contributed by atoms with Gasteiger partial charge >= 0.3 is 0 Å². The van der Waals surface area contributed by atoms with Crippen LogP contribution in [0.2, 0.25) is 0 Å². The van der Waals surface area contributed by atoms with Crippen LogP contribution in [0, 0.1) is 11.0 Å². The maximum atomic E-state index is 12.7. The van der Waals surface area contributed by atoms with Gasteiger partial charge in [-0.15, -0.1) is 0 Å². The summed E-state index contributed by atoms with van der Waals surface area (Å²) >= 11 is 3.16. The number of benzene rings is 1. The minimum absolute atomic E-state index is 0.326. The molecular formula is C9H6BrFN2O2. The van der Waals surface area contributed by atoms with Crippen molar-refractivity contribution < 1.29 is 13.9 Å². The lowest BCUT2D eigenvalue weighted by molar-refractivity contribution is -0.807. The van der Waals surface area contributed by atoms with Crippen molar-refractivity contribution in [3.05, 3.63) is 41.0 Å². The number of hydrogen-bond acceptors (Lipinski definition) is 3. The Bertz CT molecular complexity index is 469. The molecule has 1 aromatic heterocycles. The summed E-state index contributed by atoms with van der Waals surface area (Å²) in [6.07, 6.45) is 0. The predicted octanol–water partition coefficient (Wildman–Crippen LogP) is 2.01. The van der Waals surface area contributed by atoms with Crippen molar-refractivity contribution in [2.24, 2.45) is 0 Å². The summed E-state index contributed by atoms with van der Waals surface area (Å²) in [5.74, 6) is -0.336. The molecule has 0 spiro atoms. The first-order valence-electron chi connectivity index (χ1n) is 4.13. The summed E-state index contributed by atoms with van der Waals surface area (Å²) in [5, 5.41) is 15.0. The van der Waals surface area contributed by atoms with Crippen LogP contribution in [0.5, 0.6) is 0 Å². The van der Waals surface area contributed by atoms with Gasteiger partial charge in [0.2, 0.25) is 5.69 Å². The SMILES string of the molecule is [O-][n+]1onc(-c2ccc(F)cc2)c1CBr. The monoisotopic (exact) mass is 272 g/mol. The lowest BCUT2D eigenvalue weighted by Gasteiger charge is -1.94. The highest BCUT2D eigenvalue weighted by molar-refractivity contribution is 9.08. The highest BCUT2D eigenvalue weighted by Crippen LogP contribution is 2.21. The van der Waals surface area contributed by atoms with Crippen molar-refractivity contribution in [1.82, 2.24) is 5.16 Å². The summed E-state index contributed by atoms with van der Waals surface area (Å²) in [4.78, 5) is 0.327. The number of alkyl halides is 1. The maximum Gasteiger partial charge on any atom is 0.252 e. The molecule has 0 aliphatic carbocycles. The van der Waals surface area contributed by atoms with E-state index in [9.17, 15) is 9.60 Å². The van der Waals surface area contributed by atoms with Gasteiger partial charge in [-0.3, -0.25) is 4.63 Å². The van der Waals surface area contributed by atoms with Crippen LogP contribution in [0.25, 0.3) is 11.3 Å². The highest BCUT2D eigenvalue weighted by Gasteiger charge is 2.19. The van der Waals surface area contributed by atoms with E-state index in [4.69, 9.17) is 0 Å². The molecule has 0 radical (unpaired) electrons. The molecule has 1 aromatic carbocycles. The second kappa shape index (κ2) is 3.98. The van der Waals surface area contributed by atoms with E-state index in [1.165, 1.54) is 12.1 Å². The Morgan fingerprint density at radius 3 is 2.67 bits per heavy atom. The van der Waals surface area contributed by atoms with Crippen molar-refractivity contribution in [3.8, 4) is 11.3 Å². The Labute approximate surface area is 93.0 Å². The molecule has 2 rings (SSSR count).